The van der Waals surface area contributed by atoms with Crippen LogP contribution in [-0.4, -0.2) is 17.9 Å². The normalized spacial score (nSPS) is 12.2. The first-order valence-corrected chi connectivity index (χ1v) is 6.00. The highest BCUT2D eigenvalue weighted by Crippen LogP contribution is 2.14. The lowest BCUT2D eigenvalue weighted by atomic mass is 10.0. The molecule has 0 aliphatic rings. The van der Waals surface area contributed by atoms with Gasteiger partial charge in [-0.05, 0) is 25.0 Å². The van der Waals surface area contributed by atoms with Crippen LogP contribution in [0, 0.1) is 5.92 Å². The number of ether oxygens (including phenoxy) is 1. The molecule has 0 aromatic heterocycles. The first kappa shape index (κ1) is 14.2. The van der Waals surface area contributed by atoms with Crippen molar-refractivity contribution in [3.05, 3.63) is 29.8 Å². The van der Waals surface area contributed by atoms with Crippen molar-refractivity contribution >= 4 is 17.4 Å². The molecule has 4 heteroatoms. The Balaban J connectivity index is 2.65. The zero-order valence-corrected chi connectivity index (χ0v) is 11.0. The van der Waals surface area contributed by atoms with Crippen LogP contribution in [0.1, 0.15) is 37.6 Å². The van der Waals surface area contributed by atoms with Gasteiger partial charge in [-0.15, -0.1) is 0 Å². The smallest absolute Gasteiger partial charge is 0.340 e. The Hall–Kier alpha value is -1.84. The predicted molar refractivity (Wildman–Crippen MR) is 70.2 cm³/mol. The molecule has 0 aliphatic heterocycles. The summed E-state index contributed by atoms with van der Waals surface area (Å²) in [5.41, 5.74) is 6.31. The third kappa shape index (κ3) is 3.87. The van der Waals surface area contributed by atoms with E-state index in [-0.39, 0.29) is 11.7 Å². The molecule has 1 rings (SSSR count). The number of hydrogen-bond acceptors (Lipinski definition) is 4. The van der Waals surface area contributed by atoms with Crippen molar-refractivity contribution in [2.45, 2.75) is 33.3 Å². The fourth-order valence-electron chi connectivity index (χ4n) is 1.54. The van der Waals surface area contributed by atoms with Crippen LogP contribution in [0.2, 0.25) is 0 Å². The molecule has 1 atom stereocenters. The molecule has 0 aliphatic carbocycles. The number of carbonyl (C=O) groups is 2. The van der Waals surface area contributed by atoms with Gasteiger partial charge in [0.2, 0.25) is 0 Å². The summed E-state index contributed by atoms with van der Waals surface area (Å²) < 4.78 is 5.11. The second kappa shape index (κ2) is 6.19. The van der Waals surface area contributed by atoms with E-state index in [4.69, 9.17) is 10.5 Å². The molecule has 0 saturated heterocycles. The van der Waals surface area contributed by atoms with E-state index in [0.29, 0.717) is 17.7 Å². The van der Waals surface area contributed by atoms with Crippen molar-refractivity contribution in [1.29, 1.82) is 0 Å². The van der Waals surface area contributed by atoms with Crippen LogP contribution >= 0.6 is 0 Å². The van der Waals surface area contributed by atoms with Crippen LogP contribution in [0.4, 0.5) is 5.69 Å². The molecular weight excluding hydrogens is 230 g/mol. The van der Waals surface area contributed by atoms with Gasteiger partial charge in [-0.25, -0.2) is 4.79 Å². The van der Waals surface area contributed by atoms with Gasteiger partial charge in [-0.1, -0.05) is 26.0 Å². The number of rotatable bonds is 5. The summed E-state index contributed by atoms with van der Waals surface area (Å²) in [6.45, 7) is 5.48. The molecule has 0 amide bonds. The maximum Gasteiger partial charge on any atom is 0.340 e. The number of esters is 1. The monoisotopic (exact) mass is 249 g/mol. The second-order valence-electron chi connectivity index (χ2n) is 4.70. The molecule has 4 nitrogen and oxygen atoms in total. The Kier molecular flexibility index (Phi) is 4.89. The van der Waals surface area contributed by atoms with Gasteiger partial charge in [0, 0.05) is 12.1 Å². The van der Waals surface area contributed by atoms with E-state index in [1.54, 1.807) is 31.2 Å². The second-order valence-corrected chi connectivity index (χ2v) is 4.70. The van der Waals surface area contributed by atoms with Gasteiger partial charge >= 0.3 is 5.97 Å². The SMILES string of the molecule is CC(C)CC(=O)[C@@H](C)OC(=O)c1ccccc1N. The number of para-hydroxylation sites is 1. The number of benzene rings is 1. The molecule has 0 spiro atoms. The molecule has 1 aromatic rings. The van der Waals surface area contributed by atoms with Crippen LogP contribution < -0.4 is 5.73 Å². The van der Waals surface area contributed by atoms with E-state index < -0.39 is 12.1 Å². The summed E-state index contributed by atoms with van der Waals surface area (Å²) in [5.74, 6) is -0.383. The van der Waals surface area contributed by atoms with Gasteiger partial charge in [0.05, 0.1) is 5.56 Å². The molecule has 0 unspecified atom stereocenters. The molecule has 98 valence electrons. The summed E-state index contributed by atoms with van der Waals surface area (Å²) >= 11 is 0. The third-order valence-corrected chi connectivity index (χ3v) is 2.53. The predicted octanol–water partition coefficient (Wildman–Crippen LogP) is 2.43. The Bertz CT molecular complexity index is 440. The van der Waals surface area contributed by atoms with Gasteiger partial charge in [-0.3, -0.25) is 4.79 Å². The number of nitrogens with two attached hydrogens (primary N) is 1. The van der Waals surface area contributed by atoms with Crippen LogP contribution in [0.5, 0.6) is 0 Å². The van der Waals surface area contributed by atoms with E-state index in [1.165, 1.54) is 0 Å². The van der Waals surface area contributed by atoms with Crippen LogP contribution in [0.25, 0.3) is 0 Å². The molecule has 18 heavy (non-hydrogen) atoms. The van der Waals surface area contributed by atoms with Crippen molar-refractivity contribution < 1.29 is 14.3 Å². The molecule has 0 bridgehead atoms. The van der Waals surface area contributed by atoms with Gasteiger partial charge in [0.15, 0.2) is 11.9 Å². The van der Waals surface area contributed by atoms with Crippen molar-refractivity contribution in [3.63, 3.8) is 0 Å². The van der Waals surface area contributed by atoms with E-state index >= 15 is 0 Å². The average Bonchev–Trinajstić information content (AvgIpc) is 2.28. The molecular formula is C14H19NO3. The Morgan fingerprint density at radius 3 is 2.39 bits per heavy atom. The Labute approximate surface area is 107 Å². The molecule has 1 aromatic carbocycles. The van der Waals surface area contributed by atoms with E-state index in [9.17, 15) is 9.59 Å². The molecule has 2 N–H and O–H groups in total. The molecule has 0 saturated carbocycles. The van der Waals surface area contributed by atoms with Crippen LogP contribution in [0.15, 0.2) is 24.3 Å². The summed E-state index contributed by atoms with van der Waals surface area (Å²) in [7, 11) is 0. The van der Waals surface area contributed by atoms with Crippen molar-refractivity contribution in [2.24, 2.45) is 5.92 Å². The zero-order chi connectivity index (χ0) is 13.7. The van der Waals surface area contributed by atoms with Gasteiger partial charge < -0.3 is 10.5 Å². The highest BCUT2D eigenvalue weighted by molar-refractivity contribution is 5.96. The van der Waals surface area contributed by atoms with Crippen LogP contribution in [0.3, 0.4) is 0 Å². The largest absolute Gasteiger partial charge is 0.451 e. The number of nitrogen functional groups attached to an aromatic ring is 1. The number of Topliss-reactive ketones (excluding diaryl/α,β-unsaturated/α-hetero) is 1. The van der Waals surface area contributed by atoms with Crippen molar-refractivity contribution in [2.75, 3.05) is 5.73 Å². The standard InChI is InChI=1S/C14H19NO3/c1-9(2)8-13(16)10(3)18-14(17)11-6-4-5-7-12(11)15/h4-7,9-10H,8,15H2,1-3H3/t10-/m1/s1. The maximum atomic E-state index is 11.8. The van der Waals surface area contributed by atoms with Crippen molar-refractivity contribution in [1.82, 2.24) is 0 Å². The topological polar surface area (TPSA) is 69.4 Å². The zero-order valence-electron chi connectivity index (χ0n) is 11.0. The first-order valence-electron chi connectivity index (χ1n) is 6.00. The van der Waals surface area contributed by atoms with E-state index in [1.807, 2.05) is 13.8 Å². The Morgan fingerprint density at radius 2 is 1.83 bits per heavy atom. The fourth-order valence-corrected chi connectivity index (χ4v) is 1.54. The minimum Gasteiger partial charge on any atom is -0.451 e. The number of anilines is 1. The van der Waals surface area contributed by atoms with Crippen molar-refractivity contribution in [3.8, 4) is 0 Å². The highest BCUT2D eigenvalue weighted by atomic mass is 16.5. The van der Waals surface area contributed by atoms with Crippen LogP contribution in [-0.2, 0) is 9.53 Å². The molecule has 0 fully saturated rings. The molecule has 0 heterocycles. The van der Waals surface area contributed by atoms with Gasteiger partial charge in [0.1, 0.15) is 0 Å². The lowest BCUT2D eigenvalue weighted by Crippen LogP contribution is -2.25. The van der Waals surface area contributed by atoms with Gasteiger partial charge in [-0.2, -0.15) is 0 Å². The quantitative estimate of drug-likeness (QED) is 0.642. The number of hydrogen-bond donors (Lipinski definition) is 1. The Morgan fingerprint density at radius 1 is 1.22 bits per heavy atom. The lowest BCUT2D eigenvalue weighted by Gasteiger charge is -2.14. The first-order chi connectivity index (χ1) is 8.41. The lowest BCUT2D eigenvalue weighted by molar-refractivity contribution is -0.127. The summed E-state index contributed by atoms with van der Waals surface area (Å²) in [6, 6.07) is 6.64. The molecule has 0 radical (unpaired) electrons. The minimum atomic E-state index is -0.737. The minimum absolute atomic E-state index is 0.0761. The fraction of sp³-hybridized carbons (Fsp3) is 0.429. The van der Waals surface area contributed by atoms with E-state index in [0.717, 1.165) is 0 Å². The summed E-state index contributed by atoms with van der Waals surface area (Å²) in [4.78, 5) is 23.5. The van der Waals surface area contributed by atoms with Gasteiger partial charge in [0.25, 0.3) is 0 Å². The van der Waals surface area contributed by atoms with E-state index in [2.05, 4.69) is 0 Å². The number of ketones is 1. The average molecular weight is 249 g/mol. The highest BCUT2D eigenvalue weighted by Gasteiger charge is 2.20. The summed E-state index contributed by atoms with van der Waals surface area (Å²) in [6.07, 6.45) is -0.335. The third-order valence-electron chi connectivity index (χ3n) is 2.53. The maximum absolute atomic E-state index is 11.8. The number of carbonyl (C=O) groups excluding carboxylic acids is 2. The summed E-state index contributed by atoms with van der Waals surface area (Å²) in [5, 5.41) is 0.